The number of hydrogen-bond donors (Lipinski definition) is 1. The van der Waals surface area contributed by atoms with E-state index in [0.717, 1.165) is 4.68 Å². The molecule has 1 aromatic carbocycles. The summed E-state index contributed by atoms with van der Waals surface area (Å²) in [7, 11) is -5.71. The molecule has 0 aliphatic carbocycles. The number of alkyl halides is 3. The Balaban J connectivity index is 2.75. The first kappa shape index (κ1) is 16.3. The zero-order chi connectivity index (χ0) is 16.5. The Morgan fingerprint density at radius 2 is 1.77 bits per heavy atom. The van der Waals surface area contributed by atoms with Crippen molar-refractivity contribution in [2.75, 3.05) is 0 Å². The van der Waals surface area contributed by atoms with Crippen LogP contribution in [0.3, 0.4) is 0 Å². The highest BCUT2D eigenvalue weighted by atomic mass is 32.2. The molecule has 0 unspecified atom stereocenters. The van der Waals surface area contributed by atoms with Crippen LogP contribution < -0.4 is 5.56 Å². The van der Waals surface area contributed by atoms with Gasteiger partial charge in [-0.2, -0.15) is 13.2 Å². The Labute approximate surface area is 124 Å². The molecule has 0 atom stereocenters. The fourth-order valence-corrected chi connectivity index (χ4v) is 3.06. The van der Waals surface area contributed by atoms with Gasteiger partial charge in [-0.1, -0.05) is 31.5 Å². The molecule has 120 valence electrons. The number of aryl methyl sites for hydroxylation is 1. The maximum Gasteiger partial charge on any atom is 0.502 e. The third-order valence-corrected chi connectivity index (χ3v) is 4.57. The second kappa shape index (κ2) is 5.64. The van der Waals surface area contributed by atoms with Gasteiger partial charge in [0.1, 0.15) is 0 Å². The molecule has 0 aliphatic heterocycles. The van der Waals surface area contributed by atoms with E-state index < -0.39 is 25.8 Å². The van der Waals surface area contributed by atoms with Gasteiger partial charge in [-0.05, 0) is 18.6 Å². The number of H-pyrrole nitrogens is 1. The van der Waals surface area contributed by atoms with Gasteiger partial charge in [-0.25, -0.2) is 13.1 Å². The van der Waals surface area contributed by atoms with Crippen LogP contribution in [-0.2, 0) is 16.3 Å². The number of benzene rings is 1. The number of nitrogens with zero attached hydrogens (tertiary/aromatic N) is 1. The van der Waals surface area contributed by atoms with Gasteiger partial charge in [0, 0.05) is 0 Å². The summed E-state index contributed by atoms with van der Waals surface area (Å²) in [6.07, 6.45) is 0.398. The summed E-state index contributed by atoms with van der Waals surface area (Å²) in [4.78, 5) is 11.0. The zero-order valence-corrected chi connectivity index (χ0v) is 12.3. The van der Waals surface area contributed by atoms with Crippen molar-refractivity contribution in [2.24, 2.45) is 0 Å². The van der Waals surface area contributed by atoms with Gasteiger partial charge < -0.3 is 0 Å². The van der Waals surface area contributed by atoms with Gasteiger partial charge >= 0.3 is 5.51 Å². The maximum atomic E-state index is 12.8. The fraction of sp³-hybridized carbons (Fsp3) is 0.308. The van der Waals surface area contributed by atoms with Crippen LogP contribution in [0.15, 0.2) is 40.0 Å². The third kappa shape index (κ3) is 2.68. The van der Waals surface area contributed by atoms with Crippen LogP contribution in [0.1, 0.15) is 19.0 Å². The van der Waals surface area contributed by atoms with Crippen molar-refractivity contribution in [2.45, 2.75) is 30.2 Å². The van der Waals surface area contributed by atoms with Crippen molar-refractivity contribution in [3.63, 3.8) is 0 Å². The van der Waals surface area contributed by atoms with Gasteiger partial charge in [0.25, 0.3) is 15.4 Å². The highest BCUT2D eigenvalue weighted by Gasteiger charge is 2.50. The smallest absolute Gasteiger partial charge is 0.294 e. The standard InChI is InChI=1S/C13H13F3N2O3S/c1-2-6-10-11(22(20,21)13(14,15)16)12(19)18(17-10)9-7-4-3-5-8-9/h3-5,7-8,17H,2,6H2,1H3. The number of aromatic amines is 1. The number of rotatable bonds is 4. The minimum absolute atomic E-state index is 0.0136. The first-order chi connectivity index (χ1) is 10.2. The van der Waals surface area contributed by atoms with Crippen molar-refractivity contribution < 1.29 is 21.6 Å². The maximum absolute atomic E-state index is 12.8. The summed E-state index contributed by atoms with van der Waals surface area (Å²) < 4.78 is 62.5. The van der Waals surface area contributed by atoms with Crippen molar-refractivity contribution in [3.8, 4) is 5.69 Å². The molecule has 0 radical (unpaired) electrons. The van der Waals surface area contributed by atoms with Crippen LogP contribution in [0.5, 0.6) is 0 Å². The molecule has 0 spiro atoms. The van der Waals surface area contributed by atoms with Gasteiger partial charge in [0.15, 0.2) is 4.90 Å². The largest absolute Gasteiger partial charge is 0.502 e. The highest BCUT2D eigenvalue weighted by Crippen LogP contribution is 2.30. The lowest BCUT2D eigenvalue weighted by Gasteiger charge is -2.06. The second-order valence-corrected chi connectivity index (χ2v) is 6.47. The summed E-state index contributed by atoms with van der Waals surface area (Å²) >= 11 is 0. The SMILES string of the molecule is CCCc1[nH]n(-c2ccccc2)c(=O)c1S(=O)(=O)C(F)(F)F. The Hall–Kier alpha value is -2.03. The lowest BCUT2D eigenvalue weighted by Crippen LogP contribution is -2.29. The molecule has 0 saturated carbocycles. The van der Waals surface area contributed by atoms with Crippen LogP contribution in [0, 0.1) is 0 Å². The van der Waals surface area contributed by atoms with Crippen molar-refractivity contribution in [1.29, 1.82) is 0 Å². The van der Waals surface area contributed by atoms with Gasteiger partial charge in [-0.3, -0.25) is 9.89 Å². The molecule has 22 heavy (non-hydrogen) atoms. The van der Waals surface area contributed by atoms with Crippen LogP contribution in [0.4, 0.5) is 13.2 Å². The molecule has 0 saturated heterocycles. The monoisotopic (exact) mass is 334 g/mol. The van der Waals surface area contributed by atoms with E-state index in [4.69, 9.17) is 0 Å². The summed E-state index contributed by atoms with van der Waals surface area (Å²) in [6.45, 7) is 1.67. The first-order valence-corrected chi connectivity index (χ1v) is 7.89. The van der Waals surface area contributed by atoms with E-state index in [1.807, 2.05) is 0 Å². The molecule has 0 fully saturated rings. The predicted octanol–water partition coefficient (Wildman–Crippen LogP) is 2.41. The summed E-state index contributed by atoms with van der Waals surface area (Å²) in [6, 6.07) is 7.80. The van der Waals surface area contributed by atoms with Crippen molar-refractivity contribution in [3.05, 3.63) is 46.4 Å². The number of sulfone groups is 1. The number of hydrogen-bond acceptors (Lipinski definition) is 3. The van der Waals surface area contributed by atoms with E-state index >= 15 is 0 Å². The number of para-hydroxylation sites is 1. The van der Waals surface area contributed by atoms with Crippen LogP contribution in [0.25, 0.3) is 5.69 Å². The third-order valence-electron chi connectivity index (χ3n) is 3.01. The minimum atomic E-state index is -5.71. The highest BCUT2D eigenvalue weighted by molar-refractivity contribution is 7.92. The Morgan fingerprint density at radius 3 is 2.27 bits per heavy atom. The topological polar surface area (TPSA) is 71.9 Å². The lowest BCUT2D eigenvalue weighted by atomic mass is 10.2. The van der Waals surface area contributed by atoms with Gasteiger partial charge in [0.2, 0.25) is 0 Å². The lowest BCUT2D eigenvalue weighted by molar-refractivity contribution is -0.0437. The van der Waals surface area contributed by atoms with Crippen molar-refractivity contribution in [1.82, 2.24) is 9.78 Å². The first-order valence-electron chi connectivity index (χ1n) is 6.40. The Kier molecular flexibility index (Phi) is 4.19. The molecular weight excluding hydrogens is 321 g/mol. The molecule has 1 N–H and O–H groups in total. The van der Waals surface area contributed by atoms with E-state index in [-0.39, 0.29) is 17.8 Å². The van der Waals surface area contributed by atoms with Crippen LogP contribution >= 0.6 is 0 Å². The normalized spacial score (nSPS) is 12.5. The molecule has 1 aromatic heterocycles. The minimum Gasteiger partial charge on any atom is -0.294 e. The van der Waals surface area contributed by atoms with E-state index in [0.29, 0.717) is 6.42 Å². The molecule has 2 rings (SSSR count). The van der Waals surface area contributed by atoms with E-state index in [1.165, 1.54) is 12.1 Å². The number of nitrogens with one attached hydrogen (secondary N) is 1. The van der Waals surface area contributed by atoms with Crippen molar-refractivity contribution >= 4 is 9.84 Å². The number of aromatic nitrogens is 2. The van der Waals surface area contributed by atoms with Crippen LogP contribution in [-0.4, -0.2) is 23.7 Å². The zero-order valence-electron chi connectivity index (χ0n) is 11.5. The van der Waals surface area contributed by atoms with E-state index in [1.54, 1.807) is 25.1 Å². The molecule has 5 nitrogen and oxygen atoms in total. The molecule has 9 heteroatoms. The Morgan fingerprint density at radius 1 is 1.18 bits per heavy atom. The van der Waals surface area contributed by atoms with Crippen LogP contribution in [0.2, 0.25) is 0 Å². The number of halogens is 3. The molecule has 0 aliphatic rings. The fourth-order valence-electron chi connectivity index (χ4n) is 2.04. The quantitative estimate of drug-likeness (QED) is 0.933. The van der Waals surface area contributed by atoms with E-state index in [9.17, 15) is 26.4 Å². The molecule has 1 heterocycles. The molecule has 0 amide bonds. The average Bonchev–Trinajstić information content (AvgIpc) is 2.76. The Bertz CT molecular complexity index is 820. The molecule has 2 aromatic rings. The van der Waals surface area contributed by atoms with Gasteiger partial charge in [0.05, 0.1) is 11.4 Å². The van der Waals surface area contributed by atoms with E-state index in [2.05, 4.69) is 5.10 Å². The predicted molar refractivity (Wildman–Crippen MR) is 73.6 cm³/mol. The molecular formula is C13H13F3N2O3S. The summed E-state index contributed by atoms with van der Waals surface area (Å²) in [5.74, 6) is 0. The summed E-state index contributed by atoms with van der Waals surface area (Å²) in [5.41, 5.74) is -6.74. The van der Waals surface area contributed by atoms with Gasteiger partial charge in [-0.15, -0.1) is 0 Å². The molecule has 0 bridgehead atoms. The second-order valence-electron chi connectivity index (χ2n) is 4.59. The average molecular weight is 334 g/mol. The summed E-state index contributed by atoms with van der Waals surface area (Å²) in [5, 5.41) is 2.47.